The van der Waals surface area contributed by atoms with Crippen LogP contribution in [0.5, 0.6) is 5.75 Å². The summed E-state index contributed by atoms with van der Waals surface area (Å²) in [6.45, 7) is 1.03. The van der Waals surface area contributed by atoms with Crippen LogP contribution < -0.4 is 4.74 Å². The molecule has 0 saturated carbocycles. The maximum absolute atomic E-state index is 12.7. The minimum Gasteiger partial charge on any atom is -0.497 e. The second kappa shape index (κ2) is 7.88. The molecule has 1 atom stereocenters. The summed E-state index contributed by atoms with van der Waals surface area (Å²) < 4.78 is 28.5. The first-order valence-electron chi connectivity index (χ1n) is 9.21. The van der Waals surface area contributed by atoms with Crippen molar-refractivity contribution in [3.8, 4) is 5.75 Å². The summed E-state index contributed by atoms with van der Waals surface area (Å²) in [5.41, 5.74) is 0.576. The van der Waals surface area contributed by atoms with Crippen LogP contribution in [-0.2, 0) is 14.6 Å². The van der Waals surface area contributed by atoms with Crippen molar-refractivity contribution in [1.29, 1.82) is 0 Å². The third-order valence-corrected chi connectivity index (χ3v) is 7.30. The molecule has 2 aliphatic rings. The van der Waals surface area contributed by atoms with Gasteiger partial charge in [0.2, 0.25) is 5.91 Å². The van der Waals surface area contributed by atoms with Crippen LogP contribution in [0.3, 0.4) is 0 Å². The van der Waals surface area contributed by atoms with Crippen molar-refractivity contribution in [1.82, 2.24) is 9.80 Å². The maximum atomic E-state index is 12.7. The van der Waals surface area contributed by atoms with E-state index in [0.29, 0.717) is 43.7 Å². The minimum absolute atomic E-state index is 0.00872. The van der Waals surface area contributed by atoms with E-state index in [0.717, 1.165) is 0 Å². The van der Waals surface area contributed by atoms with Gasteiger partial charge in [0.05, 0.1) is 18.6 Å². The lowest BCUT2D eigenvalue weighted by Gasteiger charge is -2.34. The molecular weight excluding hydrogens is 368 g/mol. The molecule has 0 N–H and O–H groups in total. The molecule has 2 amide bonds. The van der Waals surface area contributed by atoms with E-state index >= 15 is 0 Å². The number of carbonyl (C=O) groups is 2. The SMILES string of the molecule is COc1cccc(C(=O)N2CCC(C(=O)N(C)C3CCS(=O)(=O)C3)CC2)c1. The molecular formula is C19H26N2O5S. The maximum Gasteiger partial charge on any atom is 0.253 e. The Labute approximate surface area is 160 Å². The van der Waals surface area contributed by atoms with Crippen molar-refractivity contribution >= 4 is 21.7 Å². The standard InChI is InChI=1S/C19H26N2O5S/c1-20(16-8-11-27(24,25)13-16)18(22)14-6-9-21(10-7-14)19(23)15-4-3-5-17(12-15)26-2/h3-5,12,14,16H,6-11,13H2,1-2H3. The highest BCUT2D eigenvalue weighted by molar-refractivity contribution is 7.91. The number of hydrogen-bond donors (Lipinski definition) is 0. The molecule has 2 saturated heterocycles. The monoisotopic (exact) mass is 394 g/mol. The molecule has 27 heavy (non-hydrogen) atoms. The molecule has 0 aromatic heterocycles. The highest BCUT2D eigenvalue weighted by Gasteiger charge is 2.36. The zero-order chi connectivity index (χ0) is 19.6. The predicted molar refractivity (Wildman–Crippen MR) is 101 cm³/mol. The Morgan fingerprint density at radius 2 is 1.89 bits per heavy atom. The first-order valence-corrected chi connectivity index (χ1v) is 11.0. The van der Waals surface area contributed by atoms with Crippen LogP contribution in [0.1, 0.15) is 29.6 Å². The topological polar surface area (TPSA) is 84.0 Å². The summed E-state index contributed by atoms with van der Waals surface area (Å²) in [7, 11) is 0.240. The number of ether oxygens (including phenoxy) is 1. The molecule has 0 spiro atoms. The summed E-state index contributed by atoms with van der Waals surface area (Å²) in [5, 5.41) is 0. The molecule has 7 nitrogen and oxygen atoms in total. The van der Waals surface area contributed by atoms with Gasteiger partial charge >= 0.3 is 0 Å². The number of benzene rings is 1. The lowest BCUT2D eigenvalue weighted by atomic mass is 9.94. The Kier molecular flexibility index (Phi) is 5.74. The van der Waals surface area contributed by atoms with Gasteiger partial charge in [-0.15, -0.1) is 0 Å². The second-order valence-electron chi connectivity index (χ2n) is 7.30. The number of hydrogen-bond acceptors (Lipinski definition) is 5. The fraction of sp³-hybridized carbons (Fsp3) is 0.579. The fourth-order valence-electron chi connectivity index (χ4n) is 3.82. The largest absolute Gasteiger partial charge is 0.497 e. The van der Waals surface area contributed by atoms with E-state index in [2.05, 4.69) is 0 Å². The molecule has 1 aromatic carbocycles. The number of sulfone groups is 1. The van der Waals surface area contributed by atoms with Crippen molar-refractivity contribution in [3.63, 3.8) is 0 Å². The third kappa shape index (κ3) is 4.43. The zero-order valence-corrected chi connectivity index (χ0v) is 16.6. The first kappa shape index (κ1) is 19.7. The third-order valence-electron chi connectivity index (χ3n) is 5.55. The molecule has 8 heteroatoms. The van der Waals surface area contributed by atoms with Crippen molar-refractivity contribution in [2.45, 2.75) is 25.3 Å². The van der Waals surface area contributed by atoms with E-state index in [1.807, 2.05) is 0 Å². The summed E-state index contributed by atoms with van der Waals surface area (Å²) >= 11 is 0. The van der Waals surface area contributed by atoms with E-state index in [9.17, 15) is 18.0 Å². The number of methoxy groups -OCH3 is 1. The highest BCUT2D eigenvalue weighted by atomic mass is 32.2. The van der Waals surface area contributed by atoms with Gasteiger partial charge in [0.15, 0.2) is 9.84 Å². The summed E-state index contributed by atoms with van der Waals surface area (Å²) in [6.07, 6.45) is 1.70. The second-order valence-corrected chi connectivity index (χ2v) is 9.53. The minimum atomic E-state index is -3.02. The van der Waals surface area contributed by atoms with Crippen LogP contribution in [0.15, 0.2) is 24.3 Å². The molecule has 2 heterocycles. The van der Waals surface area contributed by atoms with Crippen molar-refractivity contribution in [2.24, 2.45) is 5.92 Å². The average molecular weight is 394 g/mol. The van der Waals surface area contributed by atoms with E-state index in [1.165, 1.54) is 0 Å². The van der Waals surface area contributed by atoms with Gasteiger partial charge in [0.1, 0.15) is 5.75 Å². The number of amides is 2. The fourth-order valence-corrected chi connectivity index (χ4v) is 5.59. The van der Waals surface area contributed by atoms with E-state index in [-0.39, 0.29) is 35.3 Å². The first-order chi connectivity index (χ1) is 12.8. The van der Waals surface area contributed by atoms with E-state index in [1.54, 1.807) is 48.2 Å². The van der Waals surface area contributed by atoms with Gasteiger partial charge in [-0.1, -0.05) is 6.07 Å². The van der Waals surface area contributed by atoms with Gasteiger partial charge in [0, 0.05) is 37.7 Å². The van der Waals surface area contributed by atoms with Gasteiger partial charge in [-0.2, -0.15) is 0 Å². The number of carbonyl (C=O) groups excluding carboxylic acids is 2. The van der Waals surface area contributed by atoms with Gasteiger partial charge in [0.25, 0.3) is 5.91 Å². The van der Waals surface area contributed by atoms with E-state index < -0.39 is 9.84 Å². The number of piperidine rings is 1. The Balaban J connectivity index is 1.56. The van der Waals surface area contributed by atoms with Crippen LogP contribution in [0.2, 0.25) is 0 Å². The van der Waals surface area contributed by atoms with Crippen LogP contribution in [0.25, 0.3) is 0 Å². The van der Waals surface area contributed by atoms with Crippen LogP contribution in [0, 0.1) is 5.92 Å². The van der Waals surface area contributed by atoms with Crippen molar-refractivity contribution in [3.05, 3.63) is 29.8 Å². The van der Waals surface area contributed by atoms with E-state index in [4.69, 9.17) is 4.74 Å². The molecule has 0 aliphatic carbocycles. The molecule has 2 aliphatic heterocycles. The van der Waals surface area contributed by atoms with Crippen LogP contribution in [-0.4, -0.2) is 74.8 Å². The average Bonchev–Trinajstić information content (AvgIpc) is 3.06. The van der Waals surface area contributed by atoms with Crippen LogP contribution >= 0.6 is 0 Å². The Morgan fingerprint density at radius 1 is 1.19 bits per heavy atom. The van der Waals surface area contributed by atoms with Gasteiger partial charge in [-0.05, 0) is 37.5 Å². The number of likely N-dealkylation sites (tertiary alicyclic amines) is 1. The number of nitrogens with zero attached hydrogens (tertiary/aromatic N) is 2. The molecule has 1 aromatic rings. The molecule has 1 unspecified atom stereocenters. The summed E-state index contributed by atoms with van der Waals surface area (Å²) in [6, 6.07) is 6.83. The molecule has 2 fully saturated rings. The lowest BCUT2D eigenvalue weighted by Crippen LogP contribution is -2.46. The highest BCUT2D eigenvalue weighted by Crippen LogP contribution is 2.25. The van der Waals surface area contributed by atoms with Crippen LogP contribution in [0.4, 0.5) is 0 Å². The normalized spacial score (nSPS) is 22.4. The number of rotatable bonds is 4. The molecule has 3 rings (SSSR count). The Hall–Kier alpha value is -2.09. The smallest absolute Gasteiger partial charge is 0.253 e. The lowest BCUT2D eigenvalue weighted by molar-refractivity contribution is -0.137. The van der Waals surface area contributed by atoms with Gasteiger partial charge in [-0.3, -0.25) is 9.59 Å². The quantitative estimate of drug-likeness (QED) is 0.766. The Bertz CT molecular complexity index is 815. The summed E-state index contributed by atoms with van der Waals surface area (Å²) in [5.74, 6) is 0.623. The predicted octanol–water partition coefficient (Wildman–Crippen LogP) is 1.19. The molecule has 0 bridgehead atoms. The molecule has 0 radical (unpaired) electrons. The van der Waals surface area contributed by atoms with Crippen molar-refractivity contribution in [2.75, 3.05) is 38.8 Å². The summed E-state index contributed by atoms with van der Waals surface area (Å²) in [4.78, 5) is 28.8. The molecule has 148 valence electrons. The van der Waals surface area contributed by atoms with Gasteiger partial charge in [-0.25, -0.2) is 8.42 Å². The van der Waals surface area contributed by atoms with Crippen molar-refractivity contribution < 1.29 is 22.7 Å². The Morgan fingerprint density at radius 3 is 2.48 bits per heavy atom. The zero-order valence-electron chi connectivity index (χ0n) is 15.8. The van der Waals surface area contributed by atoms with Gasteiger partial charge < -0.3 is 14.5 Å².